The van der Waals surface area contributed by atoms with E-state index in [0.29, 0.717) is 0 Å². The number of hydrogen-bond acceptors (Lipinski definition) is 0. The molecule has 14 rings (SSSR count). The molecule has 0 aromatic heterocycles. The van der Waals surface area contributed by atoms with Gasteiger partial charge in [-0.1, -0.05) is 182 Å². The third kappa shape index (κ3) is 4.45. The first-order valence-electron chi connectivity index (χ1n) is 21.0. The van der Waals surface area contributed by atoms with Crippen molar-refractivity contribution in [3.8, 4) is 44.5 Å². The van der Waals surface area contributed by atoms with Gasteiger partial charge in [-0.2, -0.15) is 0 Å². The average Bonchev–Trinajstić information content (AvgIpc) is 3.31. The van der Waals surface area contributed by atoms with E-state index < -0.39 is 0 Å². The van der Waals surface area contributed by atoms with E-state index in [0.717, 1.165) is 0 Å². The molecule has 274 valence electrons. The van der Waals surface area contributed by atoms with Gasteiger partial charge in [0, 0.05) is 0 Å². The lowest BCUT2D eigenvalue weighted by Gasteiger charge is -2.18. The zero-order valence-corrected chi connectivity index (χ0v) is 32.6. The Morgan fingerprint density at radius 3 is 0.833 bits per heavy atom. The molecular formula is C60H34. The lowest BCUT2D eigenvalue weighted by atomic mass is 9.85. The summed E-state index contributed by atoms with van der Waals surface area (Å²) in [7, 11) is 0. The van der Waals surface area contributed by atoms with Gasteiger partial charge in [0.25, 0.3) is 0 Å². The van der Waals surface area contributed by atoms with E-state index in [1.807, 2.05) is 0 Å². The second-order valence-corrected chi connectivity index (χ2v) is 16.8. The number of benzene rings is 14. The van der Waals surface area contributed by atoms with Gasteiger partial charge < -0.3 is 0 Å². The van der Waals surface area contributed by atoms with Crippen molar-refractivity contribution in [1.29, 1.82) is 0 Å². The van der Waals surface area contributed by atoms with Crippen molar-refractivity contribution in [2.24, 2.45) is 0 Å². The van der Waals surface area contributed by atoms with Crippen molar-refractivity contribution in [2.75, 3.05) is 0 Å². The Morgan fingerprint density at radius 2 is 0.433 bits per heavy atom. The predicted molar refractivity (Wildman–Crippen MR) is 259 cm³/mol. The highest BCUT2D eigenvalue weighted by atomic mass is 14.2. The SMILES string of the molecule is c1cc(-c2cc(-c3ccc4ccc5cccc6ccc3c4c56)cc(-c3ccc4ccc5cccc6ccc3c4c56)c2)cc(-c2ccc3ccc4cccc5ccc2c3c45)c1. The molecule has 14 aromatic carbocycles. The molecule has 0 saturated carbocycles. The average molecular weight is 755 g/mol. The summed E-state index contributed by atoms with van der Waals surface area (Å²) < 4.78 is 0. The van der Waals surface area contributed by atoms with Crippen molar-refractivity contribution in [3.63, 3.8) is 0 Å². The Morgan fingerprint density at radius 1 is 0.167 bits per heavy atom. The lowest BCUT2D eigenvalue weighted by Crippen LogP contribution is -1.91. The molecule has 0 atom stereocenters. The van der Waals surface area contributed by atoms with Gasteiger partial charge in [0.1, 0.15) is 0 Å². The summed E-state index contributed by atoms with van der Waals surface area (Å²) >= 11 is 0. The molecular weight excluding hydrogens is 721 g/mol. The molecule has 0 saturated heterocycles. The summed E-state index contributed by atoms with van der Waals surface area (Å²) in [4.78, 5) is 0. The maximum absolute atomic E-state index is 2.44. The first kappa shape index (κ1) is 32.2. The first-order valence-corrected chi connectivity index (χ1v) is 21.0. The van der Waals surface area contributed by atoms with Crippen LogP contribution < -0.4 is 0 Å². The second kappa shape index (κ2) is 11.9. The molecule has 60 heavy (non-hydrogen) atoms. The summed E-state index contributed by atoms with van der Waals surface area (Å²) in [5, 5.41) is 23.5. The molecule has 0 aliphatic rings. The molecule has 0 fully saturated rings. The quantitative estimate of drug-likeness (QED) is 0.157. The van der Waals surface area contributed by atoms with Crippen LogP contribution in [0.2, 0.25) is 0 Å². The minimum Gasteiger partial charge on any atom is -0.0610 e. The molecule has 0 aliphatic heterocycles. The van der Waals surface area contributed by atoms with Crippen LogP contribution in [-0.4, -0.2) is 0 Å². The van der Waals surface area contributed by atoms with Crippen molar-refractivity contribution >= 4 is 97.0 Å². The van der Waals surface area contributed by atoms with Gasteiger partial charge in [0.05, 0.1) is 0 Å². The summed E-state index contributed by atoms with van der Waals surface area (Å²) in [6, 6.07) is 78.0. The molecule has 0 spiro atoms. The van der Waals surface area contributed by atoms with E-state index in [2.05, 4.69) is 206 Å². The van der Waals surface area contributed by atoms with E-state index in [-0.39, 0.29) is 0 Å². The molecule has 0 amide bonds. The van der Waals surface area contributed by atoms with Crippen molar-refractivity contribution in [1.82, 2.24) is 0 Å². The minimum atomic E-state index is 1.21. The van der Waals surface area contributed by atoms with Crippen LogP contribution in [0.5, 0.6) is 0 Å². The van der Waals surface area contributed by atoms with Crippen LogP contribution in [-0.2, 0) is 0 Å². The normalized spacial score (nSPS) is 12.3. The Bertz CT molecular complexity index is 3840. The van der Waals surface area contributed by atoms with Gasteiger partial charge in [0.15, 0.2) is 0 Å². The number of rotatable bonds is 4. The predicted octanol–water partition coefficient (Wildman–Crippen LogP) is 17.0. The molecule has 0 unspecified atom stereocenters. The van der Waals surface area contributed by atoms with Gasteiger partial charge in [0.2, 0.25) is 0 Å². The van der Waals surface area contributed by atoms with Gasteiger partial charge in [-0.15, -0.1) is 0 Å². The summed E-state index contributed by atoms with van der Waals surface area (Å²) in [5.41, 5.74) is 9.85. The zero-order valence-electron chi connectivity index (χ0n) is 32.6. The standard InChI is InChI=1S/C60H34/c1-5-35-13-16-41-19-25-49(52-28-22-38(8-1)55(35)58(41)52)45-12-4-11-44(31-45)46-32-47(50-26-20-42-17-14-36-6-2-9-39-23-29-53(50)59(42)56(36)39)34-48(33-46)51-27-21-43-18-15-37-7-3-10-40-24-30-54(51)60(43)57(37)40/h1-34H. The molecule has 0 heteroatoms. The molecule has 0 radical (unpaired) electrons. The topological polar surface area (TPSA) is 0 Å². The minimum absolute atomic E-state index is 1.21. The fourth-order valence-corrected chi connectivity index (χ4v) is 10.9. The fourth-order valence-electron chi connectivity index (χ4n) is 10.9. The summed E-state index contributed by atoms with van der Waals surface area (Å²) in [5.74, 6) is 0. The van der Waals surface area contributed by atoms with Crippen molar-refractivity contribution < 1.29 is 0 Å². The monoisotopic (exact) mass is 754 g/mol. The highest BCUT2D eigenvalue weighted by Gasteiger charge is 2.18. The molecule has 0 bridgehead atoms. The fraction of sp³-hybridized carbons (Fsp3) is 0. The lowest BCUT2D eigenvalue weighted by molar-refractivity contribution is 1.59. The van der Waals surface area contributed by atoms with Crippen LogP contribution >= 0.6 is 0 Å². The highest BCUT2D eigenvalue weighted by Crippen LogP contribution is 2.45. The third-order valence-electron chi connectivity index (χ3n) is 13.6. The number of hydrogen-bond donors (Lipinski definition) is 0. The Labute approximate surface area is 346 Å². The van der Waals surface area contributed by atoms with Crippen LogP contribution in [0.25, 0.3) is 141 Å². The largest absolute Gasteiger partial charge is 0.0610 e. The Hall–Kier alpha value is -7.80. The van der Waals surface area contributed by atoms with Gasteiger partial charge in [-0.05, 0) is 166 Å². The highest BCUT2D eigenvalue weighted by molar-refractivity contribution is 6.28. The van der Waals surface area contributed by atoms with Crippen LogP contribution in [0.15, 0.2) is 206 Å². The van der Waals surface area contributed by atoms with Crippen LogP contribution in [0, 0.1) is 0 Å². The maximum atomic E-state index is 2.44. The molecule has 0 N–H and O–H groups in total. The Balaban J connectivity index is 1.03. The zero-order chi connectivity index (χ0) is 39.1. The smallest absolute Gasteiger partial charge is 0.00206 e. The Kier molecular flexibility index (Phi) is 6.38. The van der Waals surface area contributed by atoms with E-state index in [1.54, 1.807) is 0 Å². The van der Waals surface area contributed by atoms with E-state index in [1.165, 1.54) is 141 Å². The molecule has 0 nitrogen and oxygen atoms in total. The van der Waals surface area contributed by atoms with E-state index in [9.17, 15) is 0 Å². The van der Waals surface area contributed by atoms with E-state index in [4.69, 9.17) is 0 Å². The first-order chi connectivity index (χ1) is 29.7. The van der Waals surface area contributed by atoms with Crippen molar-refractivity contribution in [2.45, 2.75) is 0 Å². The second-order valence-electron chi connectivity index (χ2n) is 16.8. The van der Waals surface area contributed by atoms with Crippen LogP contribution in [0.4, 0.5) is 0 Å². The van der Waals surface area contributed by atoms with Crippen LogP contribution in [0.1, 0.15) is 0 Å². The van der Waals surface area contributed by atoms with Crippen LogP contribution in [0.3, 0.4) is 0 Å². The molecule has 14 aromatic rings. The van der Waals surface area contributed by atoms with Gasteiger partial charge in [-0.3, -0.25) is 0 Å². The molecule has 0 aliphatic carbocycles. The summed E-state index contributed by atoms with van der Waals surface area (Å²) in [6.45, 7) is 0. The van der Waals surface area contributed by atoms with Gasteiger partial charge in [-0.25, -0.2) is 0 Å². The molecule has 0 heterocycles. The van der Waals surface area contributed by atoms with Crippen molar-refractivity contribution in [3.05, 3.63) is 206 Å². The third-order valence-corrected chi connectivity index (χ3v) is 13.6. The van der Waals surface area contributed by atoms with E-state index >= 15 is 0 Å². The maximum Gasteiger partial charge on any atom is -0.00206 e. The summed E-state index contributed by atoms with van der Waals surface area (Å²) in [6.07, 6.45) is 0. The van der Waals surface area contributed by atoms with Gasteiger partial charge >= 0.3 is 0 Å².